The Morgan fingerprint density at radius 1 is 1.33 bits per heavy atom. The van der Waals surface area contributed by atoms with Crippen molar-refractivity contribution in [2.75, 3.05) is 13.7 Å². The number of hydrogen-bond acceptors (Lipinski definition) is 3. The molecule has 1 aliphatic rings. The van der Waals surface area contributed by atoms with Crippen LogP contribution in [-0.4, -0.2) is 30.9 Å². The summed E-state index contributed by atoms with van der Waals surface area (Å²) in [6.45, 7) is 0.0552. The Kier molecular flexibility index (Phi) is 5.93. The molecule has 2 rings (SSSR count). The van der Waals surface area contributed by atoms with Crippen molar-refractivity contribution >= 4 is 6.03 Å². The SMILES string of the molecule is COc1ccc(CNC(=O)NC[C@@H]2CCC[C@H]2O)c(C(F)(F)F)c1. The van der Waals surface area contributed by atoms with Crippen LogP contribution in [0.2, 0.25) is 0 Å². The fourth-order valence-corrected chi connectivity index (χ4v) is 2.82. The monoisotopic (exact) mass is 346 g/mol. The van der Waals surface area contributed by atoms with Crippen molar-refractivity contribution in [2.24, 2.45) is 5.92 Å². The lowest BCUT2D eigenvalue weighted by Gasteiger charge is -2.17. The standard InChI is InChI=1S/C16H21F3N2O3/c1-24-12-6-5-10(13(7-12)16(17,18)19)8-20-15(23)21-9-11-3-2-4-14(11)22/h5-7,11,14,22H,2-4,8-9H2,1H3,(H2,20,21,23)/t11-,14+/m0/s1. The van der Waals surface area contributed by atoms with Crippen LogP contribution in [0.5, 0.6) is 5.75 Å². The summed E-state index contributed by atoms with van der Waals surface area (Å²) >= 11 is 0. The molecule has 3 N–H and O–H groups in total. The van der Waals surface area contributed by atoms with Crippen LogP contribution in [0.4, 0.5) is 18.0 Å². The van der Waals surface area contributed by atoms with Crippen molar-refractivity contribution in [1.82, 2.24) is 10.6 Å². The van der Waals surface area contributed by atoms with Gasteiger partial charge in [-0.15, -0.1) is 0 Å². The number of hydrogen-bond donors (Lipinski definition) is 3. The fourth-order valence-electron chi connectivity index (χ4n) is 2.82. The van der Waals surface area contributed by atoms with Gasteiger partial charge in [0.2, 0.25) is 0 Å². The fraction of sp³-hybridized carbons (Fsp3) is 0.562. The van der Waals surface area contributed by atoms with Gasteiger partial charge in [0.15, 0.2) is 0 Å². The van der Waals surface area contributed by atoms with Crippen molar-refractivity contribution in [1.29, 1.82) is 0 Å². The van der Waals surface area contributed by atoms with Gasteiger partial charge < -0.3 is 20.5 Å². The molecule has 1 aliphatic carbocycles. The number of aliphatic hydroxyl groups excluding tert-OH is 1. The van der Waals surface area contributed by atoms with Gasteiger partial charge in [-0.25, -0.2) is 4.79 Å². The Morgan fingerprint density at radius 3 is 2.67 bits per heavy atom. The number of aliphatic hydroxyl groups is 1. The largest absolute Gasteiger partial charge is 0.497 e. The molecule has 5 nitrogen and oxygen atoms in total. The second-order valence-corrected chi connectivity index (χ2v) is 5.84. The maximum atomic E-state index is 13.1. The number of ether oxygens (including phenoxy) is 1. The van der Waals surface area contributed by atoms with E-state index in [4.69, 9.17) is 4.74 Å². The molecule has 0 saturated heterocycles. The molecule has 0 unspecified atom stereocenters. The average molecular weight is 346 g/mol. The highest BCUT2D eigenvalue weighted by Gasteiger charge is 2.34. The van der Waals surface area contributed by atoms with Crippen LogP contribution in [0.25, 0.3) is 0 Å². The highest BCUT2D eigenvalue weighted by molar-refractivity contribution is 5.73. The Bertz CT molecular complexity index is 578. The van der Waals surface area contributed by atoms with E-state index in [0.29, 0.717) is 6.54 Å². The van der Waals surface area contributed by atoms with E-state index in [9.17, 15) is 23.1 Å². The second kappa shape index (κ2) is 7.74. The second-order valence-electron chi connectivity index (χ2n) is 5.84. The number of nitrogens with one attached hydrogen (secondary N) is 2. The van der Waals surface area contributed by atoms with E-state index < -0.39 is 23.9 Å². The Morgan fingerprint density at radius 2 is 2.08 bits per heavy atom. The van der Waals surface area contributed by atoms with E-state index in [0.717, 1.165) is 25.3 Å². The quantitative estimate of drug-likeness (QED) is 0.768. The number of alkyl halides is 3. The number of halogens is 3. The minimum atomic E-state index is -4.53. The number of carbonyl (C=O) groups is 1. The zero-order valence-electron chi connectivity index (χ0n) is 13.3. The van der Waals surface area contributed by atoms with Gasteiger partial charge in [0.1, 0.15) is 5.75 Å². The first-order valence-corrected chi connectivity index (χ1v) is 7.75. The lowest BCUT2D eigenvalue weighted by molar-refractivity contribution is -0.138. The van der Waals surface area contributed by atoms with Crippen LogP contribution in [0, 0.1) is 5.92 Å². The van der Waals surface area contributed by atoms with Gasteiger partial charge in [-0.1, -0.05) is 12.5 Å². The molecule has 1 saturated carbocycles. The first-order valence-electron chi connectivity index (χ1n) is 7.75. The molecule has 0 radical (unpaired) electrons. The Hall–Kier alpha value is -1.96. The van der Waals surface area contributed by atoms with Crippen LogP contribution in [0.1, 0.15) is 30.4 Å². The predicted octanol–water partition coefficient (Wildman–Crippen LogP) is 2.67. The zero-order valence-corrected chi connectivity index (χ0v) is 13.3. The molecule has 0 spiro atoms. The van der Waals surface area contributed by atoms with Crippen molar-refractivity contribution in [2.45, 2.75) is 38.1 Å². The van der Waals surface area contributed by atoms with Crippen molar-refractivity contribution < 1.29 is 27.8 Å². The third kappa shape index (κ3) is 4.77. The molecule has 2 amide bonds. The van der Waals surface area contributed by atoms with E-state index in [2.05, 4.69) is 10.6 Å². The minimum absolute atomic E-state index is 0.00229. The number of carbonyl (C=O) groups excluding carboxylic acids is 1. The topological polar surface area (TPSA) is 70.6 Å². The maximum absolute atomic E-state index is 13.1. The molecule has 134 valence electrons. The number of amides is 2. The van der Waals surface area contributed by atoms with Gasteiger partial charge in [-0.05, 0) is 30.5 Å². The molecular formula is C16H21F3N2O3. The van der Waals surface area contributed by atoms with Gasteiger partial charge in [0, 0.05) is 19.0 Å². The molecule has 1 aromatic rings. The number of methoxy groups -OCH3 is 1. The van der Waals surface area contributed by atoms with Gasteiger partial charge in [0.05, 0.1) is 18.8 Å². The lowest BCUT2D eigenvalue weighted by Crippen LogP contribution is -2.39. The smallest absolute Gasteiger partial charge is 0.416 e. The highest BCUT2D eigenvalue weighted by Crippen LogP contribution is 2.34. The van der Waals surface area contributed by atoms with Gasteiger partial charge in [-0.3, -0.25) is 0 Å². The molecule has 2 atom stereocenters. The van der Waals surface area contributed by atoms with E-state index in [1.165, 1.54) is 19.2 Å². The first-order chi connectivity index (χ1) is 11.3. The Balaban J connectivity index is 1.92. The summed E-state index contributed by atoms with van der Waals surface area (Å²) in [7, 11) is 1.29. The predicted molar refractivity (Wildman–Crippen MR) is 81.6 cm³/mol. The molecule has 24 heavy (non-hydrogen) atoms. The lowest BCUT2D eigenvalue weighted by atomic mass is 10.1. The van der Waals surface area contributed by atoms with Crippen LogP contribution in [0.3, 0.4) is 0 Å². The van der Waals surface area contributed by atoms with Crippen LogP contribution in [-0.2, 0) is 12.7 Å². The number of rotatable bonds is 5. The normalized spacial score (nSPS) is 20.7. The van der Waals surface area contributed by atoms with Crippen LogP contribution < -0.4 is 15.4 Å². The van der Waals surface area contributed by atoms with Gasteiger partial charge >= 0.3 is 12.2 Å². The molecule has 1 fully saturated rings. The van der Waals surface area contributed by atoms with Gasteiger partial charge in [-0.2, -0.15) is 13.2 Å². The molecule has 0 heterocycles. The summed E-state index contributed by atoms with van der Waals surface area (Å²) in [4.78, 5) is 11.8. The van der Waals surface area contributed by atoms with E-state index in [-0.39, 0.29) is 23.8 Å². The number of benzene rings is 1. The van der Waals surface area contributed by atoms with Crippen LogP contribution >= 0.6 is 0 Å². The van der Waals surface area contributed by atoms with Crippen molar-refractivity contribution in [3.05, 3.63) is 29.3 Å². The minimum Gasteiger partial charge on any atom is -0.497 e. The molecule has 8 heteroatoms. The van der Waals surface area contributed by atoms with Crippen molar-refractivity contribution in [3.8, 4) is 5.75 Å². The summed E-state index contributed by atoms with van der Waals surface area (Å²) in [5.41, 5.74) is -0.882. The number of urea groups is 1. The summed E-state index contributed by atoms with van der Waals surface area (Å²) in [5, 5.41) is 14.7. The molecule has 0 bridgehead atoms. The molecule has 1 aromatic carbocycles. The average Bonchev–Trinajstić information content (AvgIpc) is 2.95. The van der Waals surface area contributed by atoms with E-state index >= 15 is 0 Å². The molecular weight excluding hydrogens is 325 g/mol. The molecule has 0 aromatic heterocycles. The van der Waals surface area contributed by atoms with E-state index in [1.807, 2.05) is 0 Å². The van der Waals surface area contributed by atoms with Crippen molar-refractivity contribution in [3.63, 3.8) is 0 Å². The van der Waals surface area contributed by atoms with Gasteiger partial charge in [0.25, 0.3) is 0 Å². The zero-order chi connectivity index (χ0) is 17.7. The maximum Gasteiger partial charge on any atom is 0.416 e. The third-order valence-corrected chi connectivity index (χ3v) is 4.21. The summed E-state index contributed by atoms with van der Waals surface area (Å²) in [5.74, 6) is 0.105. The summed E-state index contributed by atoms with van der Waals surface area (Å²) in [6, 6.07) is 3.05. The third-order valence-electron chi connectivity index (χ3n) is 4.21. The molecule has 0 aliphatic heterocycles. The van der Waals surface area contributed by atoms with Crippen LogP contribution in [0.15, 0.2) is 18.2 Å². The summed E-state index contributed by atoms with van der Waals surface area (Å²) in [6.07, 6.45) is -2.50. The Labute approximate surface area is 138 Å². The highest BCUT2D eigenvalue weighted by atomic mass is 19.4. The first kappa shape index (κ1) is 18.4. The van der Waals surface area contributed by atoms with E-state index in [1.54, 1.807) is 0 Å². The summed E-state index contributed by atoms with van der Waals surface area (Å²) < 4.78 is 44.0.